The summed E-state index contributed by atoms with van der Waals surface area (Å²) < 4.78 is 33.5. The highest BCUT2D eigenvalue weighted by Gasteiger charge is 2.47. The van der Waals surface area contributed by atoms with Crippen LogP contribution >= 0.6 is 22.9 Å². The zero-order chi connectivity index (χ0) is 21.3. The maximum Gasteiger partial charge on any atom is 0.253 e. The molecular weight excluding hydrogens is 448 g/mol. The van der Waals surface area contributed by atoms with Crippen molar-refractivity contribution in [1.82, 2.24) is 14.4 Å². The summed E-state index contributed by atoms with van der Waals surface area (Å²) in [4.78, 5) is 15.1. The first-order valence-corrected chi connectivity index (χ1v) is 11.9. The van der Waals surface area contributed by atoms with Crippen LogP contribution in [0.5, 0.6) is 0 Å². The van der Waals surface area contributed by atoms with E-state index in [4.69, 9.17) is 21.9 Å². The third-order valence-corrected chi connectivity index (χ3v) is 8.61. The molecule has 0 spiro atoms. The van der Waals surface area contributed by atoms with E-state index in [2.05, 4.69) is 10.1 Å². The molecule has 1 fully saturated rings. The summed E-state index contributed by atoms with van der Waals surface area (Å²) in [5, 5.41) is 3.80. The summed E-state index contributed by atoms with van der Waals surface area (Å²) in [6, 6.07) is 10.3. The Morgan fingerprint density at radius 3 is 2.63 bits per heavy atom. The number of thiophene rings is 1. The first kappa shape index (κ1) is 21.0. The van der Waals surface area contributed by atoms with E-state index in [1.807, 2.05) is 24.3 Å². The number of hydrogen-bond donors (Lipinski definition) is 1. The predicted molar refractivity (Wildman–Crippen MR) is 112 cm³/mol. The molecule has 0 radical (unpaired) electrons. The Hall–Kier alpha value is -2.27. The number of hydrogen-bond acceptors (Lipinski definition) is 7. The van der Waals surface area contributed by atoms with E-state index in [1.165, 1.54) is 16.8 Å². The van der Waals surface area contributed by atoms with Crippen molar-refractivity contribution in [2.24, 2.45) is 11.7 Å². The number of nitrogens with two attached hydrogens (primary N) is 1. The lowest BCUT2D eigenvalue weighted by molar-refractivity contribution is -0.118. The molecule has 2 atom stereocenters. The van der Waals surface area contributed by atoms with Crippen molar-refractivity contribution in [3.8, 4) is 11.4 Å². The normalized spacial score (nSPS) is 18.6. The molecule has 2 heterocycles. The van der Waals surface area contributed by atoms with Crippen LogP contribution in [0.2, 0.25) is 4.34 Å². The van der Waals surface area contributed by atoms with Gasteiger partial charge in [-0.15, -0.1) is 11.3 Å². The molecule has 8 nitrogen and oxygen atoms in total. The minimum absolute atomic E-state index is 0.112. The van der Waals surface area contributed by atoms with Gasteiger partial charge in [-0.25, -0.2) is 8.42 Å². The predicted octanol–water partition coefficient (Wildman–Crippen LogP) is 3.30. The molecule has 3 aromatic rings. The highest BCUT2D eigenvalue weighted by atomic mass is 35.5. The lowest BCUT2D eigenvalue weighted by Gasteiger charge is -2.22. The lowest BCUT2D eigenvalue weighted by atomic mass is 10.1. The summed E-state index contributed by atoms with van der Waals surface area (Å²) in [6.45, 7) is 0.210. The van der Waals surface area contributed by atoms with E-state index in [0.717, 1.165) is 22.5 Å². The number of aromatic nitrogens is 2. The summed E-state index contributed by atoms with van der Waals surface area (Å²) in [7, 11) is -3.73. The second kappa shape index (κ2) is 8.46. The molecule has 2 N–H and O–H groups in total. The maximum atomic E-state index is 13.3. The molecule has 11 heteroatoms. The Morgan fingerprint density at radius 2 is 2.03 bits per heavy atom. The molecular formula is C19H19ClN4O4S2. The molecule has 1 aliphatic carbocycles. The number of primary amides is 1. The minimum atomic E-state index is -3.73. The van der Waals surface area contributed by atoms with Gasteiger partial charge in [-0.1, -0.05) is 41.0 Å². The molecule has 30 heavy (non-hydrogen) atoms. The Kier molecular flexibility index (Phi) is 5.92. The second-order valence-electron chi connectivity index (χ2n) is 7.13. The zero-order valence-electron chi connectivity index (χ0n) is 15.8. The van der Waals surface area contributed by atoms with E-state index in [-0.39, 0.29) is 35.0 Å². The molecule has 0 aliphatic heterocycles. The number of rotatable bonds is 9. The van der Waals surface area contributed by atoms with Gasteiger partial charge < -0.3 is 10.3 Å². The first-order valence-electron chi connectivity index (χ1n) is 9.26. The van der Waals surface area contributed by atoms with E-state index in [9.17, 15) is 13.2 Å². The Bertz CT molecular complexity index is 1130. The molecule has 0 bridgehead atoms. The largest absolute Gasteiger partial charge is 0.370 e. The van der Waals surface area contributed by atoms with E-state index < -0.39 is 10.0 Å². The monoisotopic (exact) mass is 466 g/mol. The van der Waals surface area contributed by atoms with Gasteiger partial charge in [0.1, 0.15) is 4.21 Å². The van der Waals surface area contributed by atoms with Crippen LogP contribution in [0.4, 0.5) is 0 Å². The molecule has 1 amide bonds. The van der Waals surface area contributed by atoms with Gasteiger partial charge in [0.15, 0.2) is 0 Å². The molecule has 4 rings (SSSR count). The van der Waals surface area contributed by atoms with Gasteiger partial charge in [-0.2, -0.15) is 9.29 Å². The number of amides is 1. The van der Waals surface area contributed by atoms with E-state index in [1.54, 1.807) is 6.07 Å². The average molecular weight is 467 g/mol. The second-order valence-corrected chi connectivity index (χ2v) is 11.0. The highest BCUT2D eigenvalue weighted by molar-refractivity contribution is 7.91. The molecule has 0 saturated heterocycles. The van der Waals surface area contributed by atoms with Gasteiger partial charge in [-0.05, 0) is 36.5 Å². The van der Waals surface area contributed by atoms with Crippen molar-refractivity contribution in [2.75, 3.05) is 0 Å². The van der Waals surface area contributed by atoms with E-state index in [0.29, 0.717) is 23.0 Å². The van der Waals surface area contributed by atoms with Gasteiger partial charge >= 0.3 is 0 Å². The van der Waals surface area contributed by atoms with Crippen LogP contribution in [0.15, 0.2) is 51.5 Å². The fourth-order valence-electron chi connectivity index (χ4n) is 3.39. The van der Waals surface area contributed by atoms with Crippen LogP contribution in [0.1, 0.15) is 24.8 Å². The minimum Gasteiger partial charge on any atom is -0.370 e. The number of carbonyl (C=O) groups excluding carboxylic acids is 1. The van der Waals surface area contributed by atoms with Gasteiger partial charge in [0.2, 0.25) is 18.1 Å². The first-order chi connectivity index (χ1) is 14.3. The van der Waals surface area contributed by atoms with Crippen molar-refractivity contribution >= 4 is 38.9 Å². The van der Waals surface area contributed by atoms with Gasteiger partial charge in [0.05, 0.1) is 4.34 Å². The molecule has 1 aromatic carbocycles. The molecule has 1 aliphatic rings. The topological polar surface area (TPSA) is 119 Å². The fourth-order valence-corrected chi connectivity index (χ4v) is 6.69. The smallest absolute Gasteiger partial charge is 0.253 e. The highest BCUT2D eigenvalue weighted by Crippen LogP contribution is 2.43. The number of sulfonamides is 1. The quantitative estimate of drug-likeness (QED) is 0.516. The molecule has 2 unspecified atom stereocenters. The van der Waals surface area contributed by atoms with Crippen molar-refractivity contribution in [3.63, 3.8) is 0 Å². The van der Waals surface area contributed by atoms with E-state index >= 15 is 0 Å². The summed E-state index contributed by atoms with van der Waals surface area (Å²) >= 11 is 7.00. The number of halogens is 1. The number of nitrogens with zero attached hydrogens (tertiary/aromatic N) is 3. The van der Waals surface area contributed by atoms with Crippen LogP contribution in [0, 0.1) is 5.92 Å². The molecule has 158 valence electrons. The Labute approximate surface area is 182 Å². The standard InChI is InChI=1S/C19H19ClN4O4S2/c20-16-6-8-18(29-16)30(26,27)24(15-9-14(15)5-7-17(21)25)10-12-1-3-13(4-2-12)19-22-11-28-23-19/h1-4,6,8,11,14-15H,5,7,9-10H2,(H2,21,25). The van der Waals surface area contributed by atoms with Crippen molar-refractivity contribution in [3.05, 3.63) is 52.7 Å². The summed E-state index contributed by atoms with van der Waals surface area (Å²) in [5.74, 6) is 0.200. The lowest BCUT2D eigenvalue weighted by Crippen LogP contribution is -2.33. The Morgan fingerprint density at radius 1 is 1.27 bits per heavy atom. The number of benzene rings is 1. The van der Waals surface area contributed by atoms with Crippen LogP contribution in [-0.4, -0.2) is 34.8 Å². The van der Waals surface area contributed by atoms with Crippen LogP contribution in [0.25, 0.3) is 11.4 Å². The fraction of sp³-hybridized carbons (Fsp3) is 0.316. The van der Waals surface area contributed by atoms with Gasteiger partial charge in [0, 0.05) is 24.6 Å². The number of carbonyl (C=O) groups is 1. The van der Waals surface area contributed by atoms with Crippen LogP contribution in [0.3, 0.4) is 0 Å². The maximum absolute atomic E-state index is 13.3. The summed E-state index contributed by atoms with van der Waals surface area (Å²) in [5.41, 5.74) is 6.85. The van der Waals surface area contributed by atoms with Crippen LogP contribution in [-0.2, 0) is 21.4 Å². The Balaban J connectivity index is 1.57. The third kappa shape index (κ3) is 4.56. The average Bonchev–Trinajstić information content (AvgIpc) is 3.07. The van der Waals surface area contributed by atoms with Crippen molar-refractivity contribution in [1.29, 1.82) is 0 Å². The van der Waals surface area contributed by atoms with Crippen molar-refractivity contribution in [2.45, 2.75) is 36.1 Å². The van der Waals surface area contributed by atoms with Crippen LogP contribution < -0.4 is 5.73 Å². The zero-order valence-corrected chi connectivity index (χ0v) is 18.2. The molecule has 2 aromatic heterocycles. The van der Waals surface area contributed by atoms with Gasteiger partial charge in [0.25, 0.3) is 10.0 Å². The van der Waals surface area contributed by atoms with Gasteiger partial charge in [-0.3, -0.25) is 4.79 Å². The molecule has 1 saturated carbocycles. The SMILES string of the molecule is NC(=O)CCC1CC1N(Cc1ccc(-c2ncon2)cc1)S(=O)(=O)c1ccc(Cl)s1. The third-order valence-electron chi connectivity index (χ3n) is 5.04. The summed E-state index contributed by atoms with van der Waals surface area (Å²) in [6.07, 6.45) is 2.78. The van der Waals surface area contributed by atoms with Crippen molar-refractivity contribution < 1.29 is 17.7 Å².